The van der Waals surface area contributed by atoms with E-state index < -0.39 is 28.5 Å². The maximum absolute atomic E-state index is 14.4. The molecule has 0 bridgehead atoms. The normalized spacial score (nSPS) is 12.6. The van der Waals surface area contributed by atoms with Crippen LogP contribution in [0.2, 0.25) is 5.02 Å². The number of carbonyl (C=O) groups excluding carboxylic acids is 2. The summed E-state index contributed by atoms with van der Waals surface area (Å²) in [7, 11) is -4.13. The molecule has 230 valence electrons. The Balaban J connectivity index is 1.79. The number of amides is 2. The highest BCUT2D eigenvalue weighted by Gasteiger charge is 2.34. The van der Waals surface area contributed by atoms with Crippen LogP contribution in [-0.2, 0) is 32.6 Å². The second kappa shape index (κ2) is 15.0. The molecule has 0 saturated carbocycles. The first-order chi connectivity index (χ1) is 21.1. The number of benzene rings is 4. The molecule has 0 fully saturated rings. The zero-order chi connectivity index (χ0) is 31.7. The summed E-state index contributed by atoms with van der Waals surface area (Å²) in [5.41, 5.74) is 2.93. The van der Waals surface area contributed by atoms with E-state index in [9.17, 15) is 18.0 Å². The first-order valence-electron chi connectivity index (χ1n) is 14.6. The molecule has 0 aromatic heterocycles. The average Bonchev–Trinajstić information content (AvgIpc) is 3.03. The third-order valence-electron chi connectivity index (χ3n) is 7.47. The van der Waals surface area contributed by atoms with Crippen molar-refractivity contribution >= 4 is 39.1 Å². The van der Waals surface area contributed by atoms with Crippen LogP contribution < -0.4 is 9.62 Å². The van der Waals surface area contributed by atoms with Gasteiger partial charge >= 0.3 is 0 Å². The molecular formula is C35H38ClN3O4S. The van der Waals surface area contributed by atoms with Gasteiger partial charge in [0.15, 0.2) is 0 Å². The topological polar surface area (TPSA) is 86.8 Å². The maximum atomic E-state index is 14.4. The van der Waals surface area contributed by atoms with Crippen LogP contribution in [0.1, 0.15) is 37.0 Å². The van der Waals surface area contributed by atoms with E-state index in [1.165, 1.54) is 17.0 Å². The third kappa shape index (κ3) is 8.49. The van der Waals surface area contributed by atoms with Gasteiger partial charge in [-0.3, -0.25) is 13.9 Å². The van der Waals surface area contributed by atoms with Crippen LogP contribution in [0.3, 0.4) is 0 Å². The van der Waals surface area contributed by atoms with E-state index in [0.29, 0.717) is 17.1 Å². The molecule has 7 nitrogen and oxygen atoms in total. The second-order valence-corrected chi connectivity index (χ2v) is 13.1. The number of aryl methyl sites for hydroxylation is 1. The van der Waals surface area contributed by atoms with E-state index in [1.807, 2.05) is 51.1 Å². The van der Waals surface area contributed by atoms with Crippen molar-refractivity contribution in [3.05, 3.63) is 131 Å². The molecule has 0 aliphatic rings. The van der Waals surface area contributed by atoms with Crippen LogP contribution in [0.4, 0.5) is 5.69 Å². The summed E-state index contributed by atoms with van der Waals surface area (Å²) < 4.78 is 29.1. The molecule has 4 aromatic carbocycles. The van der Waals surface area contributed by atoms with E-state index in [1.54, 1.807) is 66.7 Å². The molecule has 0 unspecified atom stereocenters. The number of nitrogens with zero attached hydrogens (tertiary/aromatic N) is 2. The van der Waals surface area contributed by atoms with Crippen LogP contribution >= 0.6 is 11.6 Å². The van der Waals surface area contributed by atoms with Crippen molar-refractivity contribution in [2.75, 3.05) is 10.8 Å². The SMILES string of the molecule is CC[C@H](C)NC(=O)[C@H](Cc1ccccc1)N(Cc1ccc(Cl)cc1)C(=O)CN(c1ccc(C)cc1)S(=O)(=O)c1ccccc1. The zero-order valence-electron chi connectivity index (χ0n) is 25.2. The summed E-state index contributed by atoms with van der Waals surface area (Å²) in [6.45, 7) is 5.36. The lowest BCUT2D eigenvalue weighted by Crippen LogP contribution is -2.54. The molecule has 44 heavy (non-hydrogen) atoms. The van der Waals surface area contributed by atoms with Gasteiger partial charge in [-0.1, -0.05) is 96.9 Å². The molecule has 2 amide bonds. The number of hydrogen-bond donors (Lipinski definition) is 1. The van der Waals surface area contributed by atoms with Crippen molar-refractivity contribution in [3.8, 4) is 0 Å². The number of sulfonamides is 1. The molecule has 0 aliphatic heterocycles. The van der Waals surface area contributed by atoms with Gasteiger partial charge in [-0.05, 0) is 67.8 Å². The zero-order valence-corrected chi connectivity index (χ0v) is 26.8. The van der Waals surface area contributed by atoms with Crippen molar-refractivity contribution < 1.29 is 18.0 Å². The third-order valence-corrected chi connectivity index (χ3v) is 9.51. The fourth-order valence-electron chi connectivity index (χ4n) is 4.74. The van der Waals surface area contributed by atoms with Gasteiger partial charge < -0.3 is 10.2 Å². The summed E-state index contributed by atoms with van der Waals surface area (Å²) >= 11 is 6.14. The highest BCUT2D eigenvalue weighted by Crippen LogP contribution is 2.25. The van der Waals surface area contributed by atoms with Gasteiger partial charge in [0.25, 0.3) is 10.0 Å². The molecule has 9 heteroatoms. The summed E-state index contributed by atoms with van der Waals surface area (Å²) in [6, 6.07) is 30.5. The lowest BCUT2D eigenvalue weighted by molar-refractivity contribution is -0.140. The van der Waals surface area contributed by atoms with Gasteiger partial charge in [0.2, 0.25) is 11.8 Å². The predicted octanol–water partition coefficient (Wildman–Crippen LogP) is 6.40. The molecule has 0 heterocycles. The van der Waals surface area contributed by atoms with Gasteiger partial charge in [-0.25, -0.2) is 8.42 Å². The molecule has 0 aliphatic carbocycles. The van der Waals surface area contributed by atoms with E-state index in [0.717, 1.165) is 21.0 Å². The maximum Gasteiger partial charge on any atom is 0.264 e. The first kappa shape index (κ1) is 32.8. The van der Waals surface area contributed by atoms with Gasteiger partial charge in [0.1, 0.15) is 12.6 Å². The Labute approximate surface area is 265 Å². The molecule has 1 N–H and O–H groups in total. The Morgan fingerprint density at radius 3 is 2.00 bits per heavy atom. The number of halogens is 1. The lowest BCUT2D eigenvalue weighted by Gasteiger charge is -2.34. The van der Waals surface area contributed by atoms with Crippen LogP contribution in [0, 0.1) is 6.92 Å². The standard InChI is InChI=1S/C35H38ClN3O4S/c1-4-27(3)37-35(41)33(23-28-11-7-5-8-12-28)38(24-29-17-19-30(36)20-18-29)34(40)25-39(31-21-15-26(2)16-22-31)44(42,43)32-13-9-6-10-14-32/h5-22,27,33H,4,23-25H2,1-3H3,(H,37,41)/t27-,33-/m0/s1. The highest BCUT2D eigenvalue weighted by molar-refractivity contribution is 7.92. The molecular weight excluding hydrogens is 594 g/mol. The van der Waals surface area contributed by atoms with Crippen molar-refractivity contribution in [1.29, 1.82) is 0 Å². The number of carbonyl (C=O) groups is 2. The lowest BCUT2D eigenvalue weighted by atomic mass is 10.0. The van der Waals surface area contributed by atoms with E-state index >= 15 is 0 Å². The number of rotatable bonds is 13. The number of hydrogen-bond acceptors (Lipinski definition) is 4. The minimum atomic E-state index is -4.13. The Morgan fingerprint density at radius 1 is 0.818 bits per heavy atom. The van der Waals surface area contributed by atoms with E-state index in [2.05, 4.69) is 5.32 Å². The van der Waals surface area contributed by atoms with Gasteiger partial charge in [0.05, 0.1) is 10.6 Å². The Kier molecular flexibility index (Phi) is 11.2. The number of anilines is 1. The summed E-state index contributed by atoms with van der Waals surface area (Å²) in [6.07, 6.45) is 0.962. The van der Waals surface area contributed by atoms with Crippen LogP contribution in [0.5, 0.6) is 0 Å². The summed E-state index contributed by atoms with van der Waals surface area (Å²) in [5.74, 6) is -0.821. The molecule has 0 spiro atoms. The van der Waals surface area contributed by atoms with Gasteiger partial charge in [0, 0.05) is 24.0 Å². The largest absolute Gasteiger partial charge is 0.352 e. The van der Waals surface area contributed by atoms with Gasteiger partial charge in [-0.2, -0.15) is 0 Å². The van der Waals surface area contributed by atoms with E-state index in [4.69, 9.17) is 11.6 Å². The molecule has 0 radical (unpaired) electrons. The fraction of sp³-hybridized carbons (Fsp3) is 0.257. The van der Waals surface area contributed by atoms with Crippen molar-refractivity contribution in [1.82, 2.24) is 10.2 Å². The quantitative estimate of drug-likeness (QED) is 0.185. The number of nitrogens with one attached hydrogen (secondary N) is 1. The molecule has 0 saturated heterocycles. The first-order valence-corrected chi connectivity index (χ1v) is 16.4. The average molecular weight is 632 g/mol. The Morgan fingerprint density at radius 2 is 1.41 bits per heavy atom. The van der Waals surface area contributed by atoms with Crippen LogP contribution in [-0.4, -0.2) is 43.8 Å². The molecule has 4 aromatic rings. The fourth-order valence-corrected chi connectivity index (χ4v) is 6.30. The van der Waals surface area contributed by atoms with Crippen molar-refractivity contribution in [3.63, 3.8) is 0 Å². The van der Waals surface area contributed by atoms with Crippen LogP contribution in [0.25, 0.3) is 0 Å². The van der Waals surface area contributed by atoms with E-state index in [-0.39, 0.29) is 29.8 Å². The van der Waals surface area contributed by atoms with Crippen LogP contribution in [0.15, 0.2) is 114 Å². The predicted molar refractivity (Wildman–Crippen MR) is 176 cm³/mol. The molecule has 2 atom stereocenters. The van der Waals surface area contributed by atoms with Crippen molar-refractivity contribution in [2.24, 2.45) is 0 Å². The minimum Gasteiger partial charge on any atom is -0.352 e. The minimum absolute atomic E-state index is 0.0629. The highest BCUT2D eigenvalue weighted by atomic mass is 35.5. The monoisotopic (exact) mass is 631 g/mol. The Bertz CT molecular complexity index is 1630. The molecule has 4 rings (SSSR count). The summed E-state index contributed by atoms with van der Waals surface area (Å²) in [5, 5.41) is 3.58. The Hall–Kier alpha value is -4.14. The smallest absolute Gasteiger partial charge is 0.264 e. The second-order valence-electron chi connectivity index (χ2n) is 10.8. The van der Waals surface area contributed by atoms with Crippen molar-refractivity contribution in [2.45, 2.75) is 57.1 Å². The van der Waals surface area contributed by atoms with Gasteiger partial charge in [-0.15, -0.1) is 0 Å². The summed E-state index contributed by atoms with van der Waals surface area (Å²) in [4.78, 5) is 29.9.